The molecule has 2 rings (SSSR count). The second-order valence-corrected chi connectivity index (χ2v) is 6.43. The van der Waals surface area contributed by atoms with E-state index >= 15 is 0 Å². The predicted octanol–water partition coefficient (Wildman–Crippen LogP) is 0.522. The second kappa shape index (κ2) is 5.49. The van der Waals surface area contributed by atoms with E-state index in [0.717, 1.165) is 32.2 Å². The number of piperidine rings is 1. The Morgan fingerprint density at radius 1 is 1.26 bits per heavy atom. The normalized spacial score (nSPS) is 24.2. The van der Waals surface area contributed by atoms with Gasteiger partial charge < -0.3 is 15.3 Å². The number of carbonyl (C=O) groups is 2. The van der Waals surface area contributed by atoms with Crippen LogP contribution in [0.15, 0.2) is 0 Å². The lowest BCUT2D eigenvalue weighted by molar-refractivity contribution is -0.137. The van der Waals surface area contributed by atoms with Gasteiger partial charge in [-0.05, 0) is 39.5 Å². The van der Waals surface area contributed by atoms with Crippen LogP contribution in [0.1, 0.15) is 39.5 Å². The van der Waals surface area contributed by atoms with Crippen molar-refractivity contribution in [2.75, 3.05) is 19.6 Å². The van der Waals surface area contributed by atoms with Gasteiger partial charge >= 0.3 is 0 Å². The molecule has 108 valence electrons. The highest BCUT2D eigenvalue weighted by Crippen LogP contribution is 2.32. The SMILES string of the molecule is CC(C)(O)CNC(=O)C1CCCN(C(=O)C2CC2)C1. The smallest absolute Gasteiger partial charge is 0.225 e. The van der Waals surface area contributed by atoms with E-state index in [0.29, 0.717) is 6.54 Å². The van der Waals surface area contributed by atoms with Gasteiger partial charge in [-0.1, -0.05) is 0 Å². The standard InChI is InChI=1S/C14H24N2O3/c1-14(2,19)9-15-12(17)11-4-3-7-16(8-11)13(18)10-5-6-10/h10-11,19H,3-9H2,1-2H3,(H,15,17). The molecule has 5 nitrogen and oxygen atoms in total. The fraction of sp³-hybridized carbons (Fsp3) is 0.857. The van der Waals surface area contributed by atoms with Crippen molar-refractivity contribution in [3.8, 4) is 0 Å². The van der Waals surface area contributed by atoms with Crippen LogP contribution in [0.4, 0.5) is 0 Å². The molecule has 1 heterocycles. The number of likely N-dealkylation sites (tertiary alicyclic amines) is 1. The molecule has 2 N–H and O–H groups in total. The zero-order valence-electron chi connectivity index (χ0n) is 11.8. The molecule has 0 aromatic carbocycles. The van der Waals surface area contributed by atoms with Gasteiger partial charge in [0, 0.05) is 25.6 Å². The van der Waals surface area contributed by atoms with Crippen LogP contribution in [-0.4, -0.2) is 47.1 Å². The summed E-state index contributed by atoms with van der Waals surface area (Å²) in [6, 6.07) is 0. The summed E-state index contributed by atoms with van der Waals surface area (Å²) >= 11 is 0. The summed E-state index contributed by atoms with van der Waals surface area (Å²) in [6.45, 7) is 4.89. The molecule has 0 aromatic rings. The van der Waals surface area contributed by atoms with Gasteiger partial charge in [0.25, 0.3) is 0 Å². The van der Waals surface area contributed by atoms with Crippen molar-refractivity contribution in [1.82, 2.24) is 10.2 Å². The topological polar surface area (TPSA) is 69.6 Å². The predicted molar refractivity (Wildman–Crippen MR) is 71.3 cm³/mol. The fourth-order valence-corrected chi connectivity index (χ4v) is 2.43. The number of aliphatic hydroxyl groups is 1. The van der Waals surface area contributed by atoms with Crippen LogP contribution in [0.3, 0.4) is 0 Å². The third kappa shape index (κ3) is 4.20. The Kier molecular flexibility index (Phi) is 4.13. The average molecular weight is 268 g/mol. The Morgan fingerprint density at radius 2 is 1.95 bits per heavy atom. The molecule has 0 bridgehead atoms. The van der Waals surface area contributed by atoms with E-state index in [2.05, 4.69) is 5.32 Å². The molecule has 0 aromatic heterocycles. The lowest BCUT2D eigenvalue weighted by Crippen LogP contribution is -2.48. The molecule has 1 unspecified atom stereocenters. The highest BCUT2D eigenvalue weighted by atomic mass is 16.3. The van der Waals surface area contributed by atoms with Gasteiger partial charge in [-0.15, -0.1) is 0 Å². The molecule has 19 heavy (non-hydrogen) atoms. The lowest BCUT2D eigenvalue weighted by Gasteiger charge is -2.32. The summed E-state index contributed by atoms with van der Waals surface area (Å²) in [4.78, 5) is 25.9. The van der Waals surface area contributed by atoms with Crippen molar-refractivity contribution < 1.29 is 14.7 Å². The molecule has 2 fully saturated rings. The van der Waals surface area contributed by atoms with Crippen molar-refractivity contribution in [2.45, 2.75) is 45.1 Å². The van der Waals surface area contributed by atoms with Crippen molar-refractivity contribution >= 4 is 11.8 Å². The van der Waals surface area contributed by atoms with Gasteiger partial charge in [0.1, 0.15) is 0 Å². The molecule has 0 radical (unpaired) electrons. The number of carbonyl (C=O) groups excluding carboxylic acids is 2. The quantitative estimate of drug-likeness (QED) is 0.781. The van der Waals surface area contributed by atoms with Crippen LogP contribution < -0.4 is 5.32 Å². The second-order valence-electron chi connectivity index (χ2n) is 6.43. The highest BCUT2D eigenvalue weighted by molar-refractivity contribution is 5.83. The molecule has 2 aliphatic rings. The van der Waals surface area contributed by atoms with E-state index in [1.54, 1.807) is 13.8 Å². The summed E-state index contributed by atoms with van der Waals surface area (Å²) in [6.07, 6.45) is 3.72. The van der Waals surface area contributed by atoms with Crippen molar-refractivity contribution in [3.05, 3.63) is 0 Å². The van der Waals surface area contributed by atoms with E-state index in [1.807, 2.05) is 4.90 Å². The first-order chi connectivity index (χ1) is 8.87. The molecule has 1 aliphatic carbocycles. The maximum atomic E-state index is 12.0. The van der Waals surface area contributed by atoms with Crippen molar-refractivity contribution in [2.24, 2.45) is 11.8 Å². The van der Waals surface area contributed by atoms with Crippen LogP contribution in [-0.2, 0) is 9.59 Å². The monoisotopic (exact) mass is 268 g/mol. The molecule has 5 heteroatoms. The molecule has 1 aliphatic heterocycles. The fourth-order valence-electron chi connectivity index (χ4n) is 2.43. The molecule has 2 amide bonds. The van der Waals surface area contributed by atoms with Gasteiger partial charge in [0.05, 0.1) is 11.5 Å². The number of nitrogens with zero attached hydrogens (tertiary/aromatic N) is 1. The van der Waals surface area contributed by atoms with Gasteiger partial charge in [-0.2, -0.15) is 0 Å². The maximum absolute atomic E-state index is 12.0. The van der Waals surface area contributed by atoms with Crippen molar-refractivity contribution in [3.63, 3.8) is 0 Å². The Balaban J connectivity index is 1.82. The molecular weight excluding hydrogens is 244 g/mol. The minimum atomic E-state index is -0.895. The van der Waals surface area contributed by atoms with Gasteiger partial charge in [-0.25, -0.2) is 0 Å². The Morgan fingerprint density at radius 3 is 2.53 bits per heavy atom. The summed E-state index contributed by atoms with van der Waals surface area (Å²) in [5.74, 6) is 0.271. The molecule has 1 atom stereocenters. The Bertz CT molecular complexity index is 358. The van der Waals surface area contributed by atoms with E-state index in [9.17, 15) is 14.7 Å². The molecule has 1 saturated carbocycles. The van der Waals surface area contributed by atoms with Gasteiger partial charge in [0.15, 0.2) is 0 Å². The number of amides is 2. The van der Waals surface area contributed by atoms with Crippen LogP contribution in [0.2, 0.25) is 0 Å². The minimum Gasteiger partial charge on any atom is -0.389 e. The Hall–Kier alpha value is -1.10. The first-order valence-corrected chi connectivity index (χ1v) is 7.16. The van der Waals surface area contributed by atoms with Crippen LogP contribution >= 0.6 is 0 Å². The van der Waals surface area contributed by atoms with E-state index in [-0.39, 0.29) is 30.2 Å². The summed E-state index contributed by atoms with van der Waals surface area (Å²) in [5.41, 5.74) is -0.895. The molecule has 0 spiro atoms. The van der Waals surface area contributed by atoms with Gasteiger partial charge in [0.2, 0.25) is 11.8 Å². The average Bonchev–Trinajstić information content (AvgIpc) is 3.18. The van der Waals surface area contributed by atoms with Crippen molar-refractivity contribution in [1.29, 1.82) is 0 Å². The largest absolute Gasteiger partial charge is 0.389 e. The Labute approximate surface area is 114 Å². The number of rotatable bonds is 4. The number of hydrogen-bond donors (Lipinski definition) is 2. The van der Waals surface area contributed by atoms with E-state index < -0.39 is 5.60 Å². The number of hydrogen-bond acceptors (Lipinski definition) is 3. The van der Waals surface area contributed by atoms with E-state index in [4.69, 9.17) is 0 Å². The van der Waals surface area contributed by atoms with E-state index in [1.165, 1.54) is 0 Å². The third-order valence-corrected chi connectivity index (χ3v) is 3.73. The number of nitrogens with one attached hydrogen (secondary N) is 1. The maximum Gasteiger partial charge on any atom is 0.225 e. The lowest BCUT2D eigenvalue weighted by atomic mass is 9.96. The zero-order chi connectivity index (χ0) is 14.0. The summed E-state index contributed by atoms with van der Waals surface area (Å²) < 4.78 is 0. The van der Waals surface area contributed by atoms with Gasteiger partial charge in [-0.3, -0.25) is 9.59 Å². The highest BCUT2D eigenvalue weighted by Gasteiger charge is 2.36. The molecule has 1 saturated heterocycles. The summed E-state index contributed by atoms with van der Waals surface area (Å²) in [5, 5.41) is 12.4. The summed E-state index contributed by atoms with van der Waals surface area (Å²) in [7, 11) is 0. The molecular formula is C14H24N2O3. The minimum absolute atomic E-state index is 0.0459. The van der Waals surface area contributed by atoms with Crippen LogP contribution in [0.5, 0.6) is 0 Å². The zero-order valence-corrected chi connectivity index (χ0v) is 11.8. The first kappa shape index (κ1) is 14.3. The third-order valence-electron chi connectivity index (χ3n) is 3.73. The van der Waals surface area contributed by atoms with Crippen LogP contribution in [0, 0.1) is 11.8 Å². The van der Waals surface area contributed by atoms with Crippen LogP contribution in [0.25, 0.3) is 0 Å². The first-order valence-electron chi connectivity index (χ1n) is 7.16.